The van der Waals surface area contributed by atoms with Crippen molar-refractivity contribution in [2.45, 2.75) is 26.7 Å². The van der Waals surface area contributed by atoms with Crippen LogP contribution in [0.4, 0.5) is 16.2 Å². The van der Waals surface area contributed by atoms with Gasteiger partial charge >= 0.3 is 6.03 Å². The Kier molecular flexibility index (Phi) is 5.27. The average Bonchev–Trinajstić information content (AvgIpc) is 2.63. The highest BCUT2D eigenvalue weighted by atomic mass is 16.2. The van der Waals surface area contributed by atoms with Crippen molar-refractivity contribution in [2.75, 3.05) is 36.4 Å². The molecule has 1 heterocycles. The summed E-state index contributed by atoms with van der Waals surface area (Å²) in [5.41, 5.74) is 4.69. The van der Waals surface area contributed by atoms with E-state index < -0.39 is 0 Å². The number of nitrogens with zero attached hydrogens (tertiary/aromatic N) is 2. The largest absolute Gasteiger partial charge is 0.368 e. The van der Waals surface area contributed by atoms with Crippen LogP contribution >= 0.6 is 0 Å². The first kappa shape index (κ1) is 17.3. The van der Waals surface area contributed by atoms with Gasteiger partial charge in [0.25, 0.3) is 0 Å². The van der Waals surface area contributed by atoms with Crippen molar-refractivity contribution in [3.05, 3.63) is 59.7 Å². The quantitative estimate of drug-likeness (QED) is 0.897. The Labute approximate surface area is 150 Å². The second-order valence-corrected chi connectivity index (χ2v) is 6.97. The maximum Gasteiger partial charge on any atom is 0.321 e. The number of benzene rings is 2. The molecule has 0 aliphatic carbocycles. The molecule has 1 aliphatic heterocycles. The number of anilines is 2. The highest BCUT2D eigenvalue weighted by molar-refractivity contribution is 5.89. The molecule has 2 amide bonds. The number of amides is 2. The molecule has 4 nitrogen and oxygen atoms in total. The van der Waals surface area contributed by atoms with Crippen molar-refractivity contribution in [3.8, 4) is 0 Å². The number of carbonyl (C=O) groups is 1. The fraction of sp³-hybridized carbons (Fsp3) is 0.381. The number of hydrogen-bond donors (Lipinski definition) is 1. The van der Waals surface area contributed by atoms with Crippen LogP contribution in [-0.4, -0.2) is 37.1 Å². The van der Waals surface area contributed by atoms with Crippen LogP contribution in [0.25, 0.3) is 0 Å². The minimum absolute atomic E-state index is 0.0123. The molecule has 4 heteroatoms. The monoisotopic (exact) mass is 337 g/mol. The van der Waals surface area contributed by atoms with Gasteiger partial charge in [-0.15, -0.1) is 0 Å². The van der Waals surface area contributed by atoms with E-state index in [0.29, 0.717) is 5.92 Å². The summed E-state index contributed by atoms with van der Waals surface area (Å²) in [6, 6.07) is 16.5. The van der Waals surface area contributed by atoms with Crippen LogP contribution in [0.5, 0.6) is 0 Å². The fourth-order valence-electron chi connectivity index (χ4n) is 3.22. The highest BCUT2D eigenvalue weighted by Crippen LogP contribution is 2.21. The molecule has 1 saturated heterocycles. The van der Waals surface area contributed by atoms with Gasteiger partial charge < -0.3 is 15.1 Å². The van der Waals surface area contributed by atoms with Gasteiger partial charge in [-0.05, 0) is 42.2 Å². The van der Waals surface area contributed by atoms with Crippen LogP contribution < -0.4 is 10.2 Å². The summed E-state index contributed by atoms with van der Waals surface area (Å²) in [6.07, 6.45) is 0. The number of piperazine rings is 1. The predicted octanol–water partition coefficient (Wildman–Crippen LogP) is 4.47. The second-order valence-electron chi connectivity index (χ2n) is 6.97. The fourth-order valence-corrected chi connectivity index (χ4v) is 3.22. The van der Waals surface area contributed by atoms with Gasteiger partial charge in [-0.2, -0.15) is 0 Å². The van der Waals surface area contributed by atoms with Crippen LogP contribution in [-0.2, 0) is 0 Å². The van der Waals surface area contributed by atoms with E-state index in [1.54, 1.807) is 0 Å². The Hall–Kier alpha value is -2.49. The molecule has 0 radical (unpaired) electrons. The van der Waals surface area contributed by atoms with E-state index in [1.807, 2.05) is 17.0 Å². The van der Waals surface area contributed by atoms with Gasteiger partial charge in [0.05, 0.1) is 0 Å². The molecule has 1 aliphatic rings. The van der Waals surface area contributed by atoms with Crippen molar-refractivity contribution < 1.29 is 4.79 Å². The molecule has 0 unspecified atom stereocenters. The average molecular weight is 337 g/mol. The SMILES string of the molecule is Cc1ccccc1N1CCN(C(=O)Nc2ccc(C(C)C)cc2)CC1. The number of carbonyl (C=O) groups excluding carboxylic acids is 1. The summed E-state index contributed by atoms with van der Waals surface area (Å²) < 4.78 is 0. The lowest BCUT2D eigenvalue weighted by molar-refractivity contribution is 0.208. The standard InChI is InChI=1S/C21H27N3O/c1-16(2)18-8-10-19(11-9-18)22-21(25)24-14-12-23(13-15-24)20-7-5-4-6-17(20)3/h4-11,16H,12-15H2,1-3H3,(H,22,25). The third kappa shape index (κ3) is 4.13. The van der Waals surface area contributed by atoms with Crippen LogP contribution in [0.1, 0.15) is 30.9 Å². The van der Waals surface area contributed by atoms with Gasteiger partial charge in [-0.3, -0.25) is 0 Å². The van der Waals surface area contributed by atoms with E-state index in [0.717, 1.165) is 31.9 Å². The molecule has 0 bridgehead atoms. The third-order valence-electron chi connectivity index (χ3n) is 4.85. The molecule has 2 aromatic rings. The zero-order chi connectivity index (χ0) is 17.8. The van der Waals surface area contributed by atoms with Crippen molar-refractivity contribution in [3.63, 3.8) is 0 Å². The molecule has 0 saturated carbocycles. The lowest BCUT2D eigenvalue weighted by Crippen LogP contribution is -2.50. The molecule has 0 spiro atoms. The summed E-state index contributed by atoms with van der Waals surface area (Å²) in [5.74, 6) is 0.499. The van der Waals surface area contributed by atoms with Gasteiger partial charge in [-0.25, -0.2) is 4.79 Å². The van der Waals surface area contributed by atoms with Crippen LogP contribution in [0.3, 0.4) is 0 Å². The van der Waals surface area contributed by atoms with E-state index in [9.17, 15) is 4.79 Å². The predicted molar refractivity (Wildman–Crippen MR) is 105 cm³/mol. The molecular formula is C21H27N3O. The lowest BCUT2D eigenvalue weighted by Gasteiger charge is -2.36. The number of hydrogen-bond acceptors (Lipinski definition) is 2. The zero-order valence-corrected chi connectivity index (χ0v) is 15.3. The molecule has 0 aromatic heterocycles. The Balaban J connectivity index is 1.55. The van der Waals surface area contributed by atoms with E-state index in [-0.39, 0.29) is 6.03 Å². The van der Waals surface area contributed by atoms with Gasteiger partial charge in [0.1, 0.15) is 0 Å². The summed E-state index contributed by atoms with van der Waals surface area (Å²) >= 11 is 0. The first-order valence-corrected chi connectivity index (χ1v) is 9.01. The highest BCUT2D eigenvalue weighted by Gasteiger charge is 2.22. The number of rotatable bonds is 3. The normalized spacial score (nSPS) is 14.7. The van der Waals surface area contributed by atoms with E-state index >= 15 is 0 Å². The van der Waals surface area contributed by atoms with Gasteiger partial charge in [0.15, 0.2) is 0 Å². The Bertz CT molecular complexity index is 716. The first-order valence-electron chi connectivity index (χ1n) is 9.01. The molecule has 0 atom stereocenters. The van der Waals surface area contributed by atoms with E-state index in [2.05, 4.69) is 67.4 Å². The summed E-state index contributed by atoms with van der Waals surface area (Å²) in [6.45, 7) is 9.68. The minimum atomic E-state index is -0.0123. The van der Waals surface area contributed by atoms with E-state index in [4.69, 9.17) is 0 Å². The number of aryl methyl sites for hydroxylation is 1. The number of urea groups is 1. The third-order valence-corrected chi connectivity index (χ3v) is 4.85. The van der Waals surface area contributed by atoms with Crippen molar-refractivity contribution in [2.24, 2.45) is 0 Å². The van der Waals surface area contributed by atoms with Crippen LogP contribution in [0, 0.1) is 6.92 Å². The zero-order valence-electron chi connectivity index (χ0n) is 15.3. The molecule has 25 heavy (non-hydrogen) atoms. The molecule has 1 fully saturated rings. The van der Waals surface area contributed by atoms with Crippen molar-refractivity contribution >= 4 is 17.4 Å². The number of para-hydroxylation sites is 1. The van der Waals surface area contributed by atoms with Crippen LogP contribution in [0.15, 0.2) is 48.5 Å². The lowest BCUT2D eigenvalue weighted by atomic mass is 10.0. The van der Waals surface area contributed by atoms with Crippen molar-refractivity contribution in [1.29, 1.82) is 0 Å². The maximum atomic E-state index is 12.5. The maximum absolute atomic E-state index is 12.5. The Morgan fingerprint density at radius 2 is 1.60 bits per heavy atom. The smallest absolute Gasteiger partial charge is 0.321 e. The van der Waals surface area contributed by atoms with Gasteiger partial charge in [-0.1, -0.05) is 44.2 Å². The topological polar surface area (TPSA) is 35.6 Å². The number of nitrogens with one attached hydrogen (secondary N) is 1. The summed E-state index contributed by atoms with van der Waals surface area (Å²) in [7, 11) is 0. The minimum Gasteiger partial charge on any atom is -0.368 e. The van der Waals surface area contributed by atoms with E-state index in [1.165, 1.54) is 16.8 Å². The van der Waals surface area contributed by atoms with Gasteiger partial charge in [0, 0.05) is 37.6 Å². The first-order chi connectivity index (χ1) is 12.0. The van der Waals surface area contributed by atoms with Crippen LogP contribution in [0.2, 0.25) is 0 Å². The molecular weight excluding hydrogens is 310 g/mol. The summed E-state index contributed by atoms with van der Waals surface area (Å²) in [5, 5.41) is 3.01. The second kappa shape index (κ2) is 7.60. The molecule has 2 aromatic carbocycles. The molecule has 3 rings (SSSR count). The molecule has 132 valence electrons. The Morgan fingerprint density at radius 1 is 0.960 bits per heavy atom. The van der Waals surface area contributed by atoms with Gasteiger partial charge in [0.2, 0.25) is 0 Å². The summed E-state index contributed by atoms with van der Waals surface area (Å²) in [4.78, 5) is 16.7. The van der Waals surface area contributed by atoms with Crippen molar-refractivity contribution in [1.82, 2.24) is 4.90 Å². The molecule has 1 N–H and O–H groups in total. The Morgan fingerprint density at radius 3 is 2.20 bits per heavy atom.